The van der Waals surface area contributed by atoms with Crippen molar-refractivity contribution in [2.24, 2.45) is 10.7 Å². The van der Waals surface area contributed by atoms with Crippen molar-refractivity contribution in [3.8, 4) is 0 Å². The van der Waals surface area contributed by atoms with Crippen LogP contribution in [0.4, 0.5) is 4.39 Å². The predicted octanol–water partition coefficient (Wildman–Crippen LogP) is 1.77. The van der Waals surface area contributed by atoms with Gasteiger partial charge in [0.15, 0.2) is 5.96 Å². The lowest BCUT2D eigenvalue weighted by Crippen LogP contribution is -2.45. The molecule has 0 saturated heterocycles. The minimum atomic E-state index is -3.65. The van der Waals surface area contributed by atoms with Crippen molar-refractivity contribution >= 4 is 40.0 Å². The standard InChI is InChI=1S/C14H23FN4O2S.HI/c1-14(2,3)18-13(16)17-9-10-19(4)22(20,21)12-7-5-11(15)6-8-12;/h5-8H,9-10H2,1-4H3,(H3,16,17,18);1H. The van der Waals surface area contributed by atoms with Crippen molar-refractivity contribution in [3.05, 3.63) is 30.1 Å². The molecule has 1 rings (SSSR count). The summed E-state index contributed by atoms with van der Waals surface area (Å²) >= 11 is 0. The molecule has 0 bridgehead atoms. The minimum absolute atomic E-state index is 0. The second-order valence-corrected chi connectivity index (χ2v) is 7.97. The number of nitrogens with zero attached hydrogens (tertiary/aromatic N) is 2. The van der Waals surface area contributed by atoms with Crippen LogP contribution < -0.4 is 11.1 Å². The lowest BCUT2D eigenvalue weighted by molar-refractivity contribution is 0.474. The van der Waals surface area contributed by atoms with Crippen LogP contribution >= 0.6 is 24.0 Å². The number of benzene rings is 1. The Morgan fingerprint density at radius 3 is 2.30 bits per heavy atom. The van der Waals surface area contributed by atoms with Crippen molar-refractivity contribution in [2.75, 3.05) is 20.1 Å². The van der Waals surface area contributed by atoms with Crippen LogP contribution in [0.25, 0.3) is 0 Å². The Morgan fingerprint density at radius 2 is 1.83 bits per heavy atom. The highest BCUT2D eigenvalue weighted by atomic mass is 127. The molecule has 0 aliphatic carbocycles. The molecule has 0 aliphatic heterocycles. The molecule has 132 valence electrons. The van der Waals surface area contributed by atoms with E-state index in [0.717, 1.165) is 16.4 Å². The third-order valence-corrected chi connectivity index (χ3v) is 4.59. The van der Waals surface area contributed by atoms with E-state index >= 15 is 0 Å². The molecule has 0 atom stereocenters. The molecule has 0 spiro atoms. The largest absolute Gasteiger partial charge is 0.370 e. The van der Waals surface area contributed by atoms with Gasteiger partial charge in [0.25, 0.3) is 0 Å². The van der Waals surface area contributed by atoms with Gasteiger partial charge in [0.2, 0.25) is 10.0 Å². The first kappa shape index (κ1) is 22.1. The van der Waals surface area contributed by atoms with Crippen LogP contribution in [0.2, 0.25) is 0 Å². The van der Waals surface area contributed by atoms with Gasteiger partial charge in [-0.1, -0.05) is 0 Å². The fourth-order valence-corrected chi connectivity index (χ4v) is 2.80. The van der Waals surface area contributed by atoms with Crippen LogP contribution in [0.5, 0.6) is 0 Å². The summed E-state index contributed by atoms with van der Waals surface area (Å²) in [5.74, 6) is -0.215. The van der Waals surface area contributed by atoms with Gasteiger partial charge < -0.3 is 11.1 Å². The van der Waals surface area contributed by atoms with Crippen molar-refractivity contribution in [1.82, 2.24) is 9.62 Å². The van der Waals surface area contributed by atoms with E-state index in [-0.39, 0.29) is 53.5 Å². The van der Waals surface area contributed by atoms with Gasteiger partial charge in [0.05, 0.1) is 11.4 Å². The molecule has 0 amide bonds. The van der Waals surface area contributed by atoms with E-state index in [1.54, 1.807) is 0 Å². The van der Waals surface area contributed by atoms with E-state index in [4.69, 9.17) is 5.73 Å². The number of rotatable bonds is 5. The fraction of sp³-hybridized carbons (Fsp3) is 0.500. The van der Waals surface area contributed by atoms with Crippen molar-refractivity contribution in [1.29, 1.82) is 0 Å². The summed E-state index contributed by atoms with van der Waals surface area (Å²) in [6, 6.07) is 4.70. The van der Waals surface area contributed by atoms with Gasteiger partial charge in [-0.3, -0.25) is 4.99 Å². The highest BCUT2D eigenvalue weighted by molar-refractivity contribution is 14.0. The van der Waals surface area contributed by atoms with E-state index < -0.39 is 15.8 Å². The van der Waals surface area contributed by atoms with E-state index in [2.05, 4.69) is 10.3 Å². The van der Waals surface area contributed by atoms with Gasteiger partial charge in [0.1, 0.15) is 5.82 Å². The highest BCUT2D eigenvalue weighted by Gasteiger charge is 2.20. The lowest BCUT2D eigenvalue weighted by Gasteiger charge is -2.21. The Labute approximate surface area is 154 Å². The molecular formula is C14H24FIN4O2S. The van der Waals surface area contributed by atoms with Gasteiger partial charge in [-0.25, -0.2) is 12.8 Å². The zero-order valence-electron chi connectivity index (χ0n) is 13.7. The number of hydrogen-bond donors (Lipinski definition) is 2. The van der Waals surface area contributed by atoms with Gasteiger partial charge in [-0.15, -0.1) is 24.0 Å². The van der Waals surface area contributed by atoms with Gasteiger partial charge in [-0.05, 0) is 45.0 Å². The number of nitrogens with one attached hydrogen (secondary N) is 1. The van der Waals surface area contributed by atoms with E-state index in [9.17, 15) is 12.8 Å². The maximum Gasteiger partial charge on any atom is 0.242 e. The van der Waals surface area contributed by atoms with Crippen molar-refractivity contribution < 1.29 is 12.8 Å². The molecule has 3 N–H and O–H groups in total. The topological polar surface area (TPSA) is 87.8 Å². The Kier molecular flexibility index (Phi) is 8.43. The number of sulfonamides is 1. The predicted molar refractivity (Wildman–Crippen MR) is 101 cm³/mol. The van der Waals surface area contributed by atoms with Crippen LogP contribution in [-0.2, 0) is 10.0 Å². The Morgan fingerprint density at radius 1 is 1.30 bits per heavy atom. The normalized spacial score (nSPS) is 12.9. The Hall–Kier alpha value is -0.940. The van der Waals surface area contributed by atoms with Gasteiger partial charge >= 0.3 is 0 Å². The Balaban J connectivity index is 0.00000484. The van der Waals surface area contributed by atoms with E-state index in [1.165, 1.54) is 19.2 Å². The number of likely N-dealkylation sites (N-methyl/N-ethyl adjacent to an activating group) is 1. The summed E-state index contributed by atoms with van der Waals surface area (Å²) in [6.07, 6.45) is 0. The molecule has 9 heteroatoms. The maximum absolute atomic E-state index is 12.9. The summed E-state index contributed by atoms with van der Waals surface area (Å²) in [6.45, 7) is 6.24. The third kappa shape index (κ3) is 7.44. The summed E-state index contributed by atoms with van der Waals surface area (Å²) < 4.78 is 38.5. The van der Waals surface area contributed by atoms with Crippen LogP contribution in [0, 0.1) is 5.82 Å². The molecule has 6 nitrogen and oxygen atoms in total. The molecule has 0 radical (unpaired) electrons. The van der Waals surface area contributed by atoms with Gasteiger partial charge in [0, 0.05) is 19.1 Å². The molecule has 0 heterocycles. The second kappa shape index (κ2) is 8.78. The van der Waals surface area contributed by atoms with E-state index in [1.807, 2.05) is 20.8 Å². The van der Waals surface area contributed by atoms with E-state index in [0.29, 0.717) is 0 Å². The smallest absolute Gasteiger partial charge is 0.242 e. The molecule has 0 aromatic heterocycles. The molecule has 0 aliphatic rings. The first-order chi connectivity index (χ1) is 10.0. The lowest BCUT2D eigenvalue weighted by atomic mass is 10.1. The molecule has 1 aromatic carbocycles. The average molecular weight is 458 g/mol. The number of halogens is 2. The van der Waals surface area contributed by atoms with Crippen LogP contribution in [-0.4, -0.2) is 44.4 Å². The monoisotopic (exact) mass is 458 g/mol. The van der Waals surface area contributed by atoms with Gasteiger partial charge in [-0.2, -0.15) is 4.31 Å². The van der Waals surface area contributed by atoms with Crippen molar-refractivity contribution in [3.63, 3.8) is 0 Å². The van der Waals surface area contributed by atoms with Crippen molar-refractivity contribution in [2.45, 2.75) is 31.2 Å². The summed E-state index contributed by atoms with van der Waals surface area (Å²) in [5, 5.41) is 2.99. The molecule has 0 fully saturated rings. The summed E-state index contributed by atoms with van der Waals surface area (Å²) in [4.78, 5) is 4.13. The summed E-state index contributed by atoms with van der Waals surface area (Å²) in [7, 11) is -2.21. The first-order valence-corrected chi connectivity index (χ1v) is 8.26. The minimum Gasteiger partial charge on any atom is -0.370 e. The molecule has 23 heavy (non-hydrogen) atoms. The number of guanidine groups is 1. The van der Waals surface area contributed by atoms with Crippen LogP contribution in [0.3, 0.4) is 0 Å². The number of aliphatic imine (C=N–C) groups is 1. The third-order valence-electron chi connectivity index (χ3n) is 2.72. The molecule has 0 unspecified atom stereocenters. The van der Waals surface area contributed by atoms with Crippen LogP contribution in [0.1, 0.15) is 20.8 Å². The number of hydrogen-bond acceptors (Lipinski definition) is 3. The first-order valence-electron chi connectivity index (χ1n) is 6.82. The fourth-order valence-electron chi connectivity index (χ4n) is 1.64. The van der Waals surface area contributed by atoms with Crippen LogP contribution in [0.15, 0.2) is 34.2 Å². The molecule has 1 aromatic rings. The quantitative estimate of drug-likeness (QED) is 0.400. The maximum atomic E-state index is 12.9. The second-order valence-electron chi connectivity index (χ2n) is 5.92. The average Bonchev–Trinajstić information content (AvgIpc) is 2.36. The SMILES string of the molecule is CN(CCN=C(N)NC(C)(C)C)S(=O)(=O)c1ccc(F)cc1.I. The Bertz CT molecular complexity index is 627. The summed E-state index contributed by atoms with van der Waals surface area (Å²) in [5.41, 5.74) is 5.50. The molecular weight excluding hydrogens is 434 g/mol. The molecule has 0 saturated carbocycles. The zero-order chi connectivity index (χ0) is 17.0. The highest BCUT2D eigenvalue weighted by Crippen LogP contribution is 2.14. The zero-order valence-corrected chi connectivity index (χ0v) is 16.9. The number of nitrogens with two attached hydrogens (primary N) is 1.